The summed E-state index contributed by atoms with van der Waals surface area (Å²) in [5.74, 6) is -0.0199. The van der Waals surface area contributed by atoms with Crippen LogP contribution in [0.25, 0.3) is 10.8 Å². The molecule has 0 spiro atoms. The van der Waals surface area contributed by atoms with E-state index in [9.17, 15) is 4.79 Å². The third kappa shape index (κ3) is 3.91. The molecule has 0 saturated heterocycles. The molecule has 0 aliphatic rings. The highest BCUT2D eigenvalue weighted by Gasteiger charge is 2.06. The van der Waals surface area contributed by atoms with E-state index < -0.39 is 0 Å². The van der Waals surface area contributed by atoms with Crippen LogP contribution in [0, 0.1) is 11.3 Å². The van der Waals surface area contributed by atoms with Crippen molar-refractivity contribution in [2.45, 2.75) is 12.8 Å². The van der Waals surface area contributed by atoms with Gasteiger partial charge in [0.25, 0.3) is 0 Å². The van der Waals surface area contributed by atoms with Crippen LogP contribution in [0.2, 0.25) is 0 Å². The van der Waals surface area contributed by atoms with Crippen LogP contribution < -0.4 is 0 Å². The molecule has 0 saturated carbocycles. The number of nitrogens with zero attached hydrogens (tertiary/aromatic N) is 2. The van der Waals surface area contributed by atoms with E-state index in [1.54, 1.807) is 0 Å². The fourth-order valence-electron chi connectivity index (χ4n) is 2.24. The second-order valence-electron chi connectivity index (χ2n) is 5.04. The topological polar surface area (TPSA) is 44.1 Å². The van der Waals surface area contributed by atoms with Gasteiger partial charge in [0.1, 0.15) is 0 Å². The van der Waals surface area contributed by atoms with Crippen molar-refractivity contribution in [3.05, 3.63) is 48.0 Å². The second-order valence-corrected chi connectivity index (χ2v) is 5.04. The summed E-state index contributed by atoms with van der Waals surface area (Å²) in [7, 11) is 1.91. The van der Waals surface area contributed by atoms with Gasteiger partial charge in [-0.25, -0.2) is 0 Å². The van der Waals surface area contributed by atoms with Crippen molar-refractivity contribution in [1.82, 2.24) is 4.90 Å². The molecule has 2 aromatic carbocycles. The van der Waals surface area contributed by atoms with E-state index in [-0.39, 0.29) is 12.2 Å². The van der Waals surface area contributed by atoms with Gasteiger partial charge in [-0.2, -0.15) is 5.26 Å². The van der Waals surface area contributed by atoms with Gasteiger partial charge in [0.15, 0.2) is 5.78 Å². The smallest absolute Gasteiger partial charge is 0.160 e. The Kier molecular flexibility index (Phi) is 4.86. The maximum absolute atomic E-state index is 11.4. The minimum Gasteiger partial charge on any atom is -0.299 e. The number of carbonyl (C=O) groups excluding carboxylic acids is 1. The van der Waals surface area contributed by atoms with Gasteiger partial charge >= 0.3 is 0 Å². The molecule has 0 heterocycles. The fourth-order valence-corrected chi connectivity index (χ4v) is 2.24. The number of carbonyl (C=O) groups is 1. The monoisotopic (exact) mass is 266 g/mol. The molecule has 0 N–H and O–H groups in total. The average molecular weight is 266 g/mol. The van der Waals surface area contributed by atoms with Crippen LogP contribution in [0.15, 0.2) is 42.5 Å². The Morgan fingerprint density at radius 3 is 2.70 bits per heavy atom. The van der Waals surface area contributed by atoms with Crippen LogP contribution in [0.5, 0.6) is 0 Å². The van der Waals surface area contributed by atoms with E-state index in [0.717, 1.165) is 13.0 Å². The van der Waals surface area contributed by atoms with Gasteiger partial charge in [-0.3, -0.25) is 9.69 Å². The van der Waals surface area contributed by atoms with Gasteiger partial charge in [-0.15, -0.1) is 0 Å². The molecule has 0 aromatic heterocycles. The Hall–Kier alpha value is -2.18. The number of rotatable bonds is 6. The van der Waals surface area contributed by atoms with Gasteiger partial charge in [-0.05, 0) is 29.8 Å². The normalized spacial score (nSPS) is 10.7. The molecule has 0 radical (unpaired) electrons. The molecule has 20 heavy (non-hydrogen) atoms. The van der Waals surface area contributed by atoms with Crippen molar-refractivity contribution in [3.63, 3.8) is 0 Å². The van der Waals surface area contributed by atoms with E-state index in [1.807, 2.05) is 30.1 Å². The zero-order chi connectivity index (χ0) is 14.4. The number of likely N-dealkylation sites (N-methyl/N-ethyl adjacent to an activating group) is 1. The molecule has 2 aromatic rings. The van der Waals surface area contributed by atoms with Crippen LogP contribution in [0.4, 0.5) is 0 Å². The molecule has 0 aliphatic heterocycles. The van der Waals surface area contributed by atoms with E-state index in [1.165, 1.54) is 16.3 Å². The molecule has 0 fully saturated rings. The Morgan fingerprint density at radius 1 is 1.20 bits per heavy atom. The number of benzene rings is 2. The average Bonchev–Trinajstić information content (AvgIpc) is 2.45. The van der Waals surface area contributed by atoms with Crippen molar-refractivity contribution in [3.8, 4) is 6.07 Å². The molecular weight excluding hydrogens is 248 g/mol. The lowest BCUT2D eigenvalue weighted by Crippen LogP contribution is -2.27. The first-order chi connectivity index (χ1) is 9.69. The lowest BCUT2D eigenvalue weighted by Gasteiger charge is -2.15. The molecule has 2 rings (SSSR count). The number of nitriles is 1. The van der Waals surface area contributed by atoms with Gasteiger partial charge in [0, 0.05) is 6.54 Å². The number of Topliss-reactive ketones (excluding diaryl/α,β-unsaturated/α-hetero) is 1. The van der Waals surface area contributed by atoms with Gasteiger partial charge in [0.2, 0.25) is 0 Å². The van der Waals surface area contributed by atoms with Gasteiger partial charge < -0.3 is 0 Å². The quantitative estimate of drug-likeness (QED) is 0.807. The molecule has 0 aliphatic carbocycles. The Bertz CT molecular complexity index is 643. The molecular formula is C17H18N2O. The number of hydrogen-bond acceptors (Lipinski definition) is 3. The number of hydrogen-bond donors (Lipinski definition) is 0. The first kappa shape index (κ1) is 14.2. The van der Waals surface area contributed by atoms with Crippen molar-refractivity contribution in [2.24, 2.45) is 0 Å². The summed E-state index contributed by atoms with van der Waals surface area (Å²) in [4.78, 5) is 13.3. The van der Waals surface area contributed by atoms with Crippen LogP contribution in [-0.4, -0.2) is 30.8 Å². The number of fused-ring (bicyclic) bond motifs is 1. The van der Waals surface area contributed by atoms with Crippen molar-refractivity contribution in [1.29, 1.82) is 5.26 Å². The maximum Gasteiger partial charge on any atom is 0.160 e. The minimum atomic E-state index is -0.0199. The Morgan fingerprint density at radius 2 is 1.95 bits per heavy atom. The molecule has 0 atom stereocenters. The van der Waals surface area contributed by atoms with Crippen LogP contribution in [0.1, 0.15) is 12.0 Å². The highest BCUT2D eigenvalue weighted by molar-refractivity contribution is 5.83. The second kappa shape index (κ2) is 6.83. The minimum absolute atomic E-state index is 0.000312. The summed E-state index contributed by atoms with van der Waals surface area (Å²) >= 11 is 0. The first-order valence-electron chi connectivity index (χ1n) is 6.74. The summed E-state index contributed by atoms with van der Waals surface area (Å²) in [6.45, 7) is 1.16. The highest BCUT2D eigenvalue weighted by atomic mass is 16.1. The molecule has 0 bridgehead atoms. The van der Waals surface area contributed by atoms with Crippen molar-refractivity contribution < 1.29 is 4.79 Å². The fraction of sp³-hybridized carbons (Fsp3) is 0.294. The molecule has 102 valence electrons. The lowest BCUT2D eigenvalue weighted by atomic mass is 10.1. The lowest BCUT2D eigenvalue weighted by molar-refractivity contribution is -0.118. The summed E-state index contributed by atoms with van der Waals surface area (Å²) in [5.41, 5.74) is 1.27. The zero-order valence-electron chi connectivity index (χ0n) is 11.7. The van der Waals surface area contributed by atoms with Gasteiger partial charge in [0.05, 0.1) is 19.0 Å². The van der Waals surface area contributed by atoms with Crippen LogP contribution in [0.3, 0.4) is 0 Å². The van der Waals surface area contributed by atoms with E-state index in [4.69, 9.17) is 5.26 Å². The summed E-state index contributed by atoms with van der Waals surface area (Å²) < 4.78 is 0. The van der Waals surface area contributed by atoms with E-state index in [2.05, 4.69) is 30.3 Å². The van der Waals surface area contributed by atoms with Crippen molar-refractivity contribution >= 4 is 16.6 Å². The zero-order valence-corrected chi connectivity index (χ0v) is 11.7. The van der Waals surface area contributed by atoms with Gasteiger partial charge in [-0.1, -0.05) is 42.5 Å². The van der Waals surface area contributed by atoms with E-state index >= 15 is 0 Å². The Balaban J connectivity index is 1.92. The molecule has 3 heteroatoms. The summed E-state index contributed by atoms with van der Waals surface area (Å²) in [5, 5.41) is 11.0. The summed E-state index contributed by atoms with van der Waals surface area (Å²) in [6.07, 6.45) is 0.904. The predicted octanol–water partition coefficient (Wildman–Crippen LogP) is 2.80. The Labute approximate surface area is 119 Å². The molecule has 0 amide bonds. The molecule has 0 unspecified atom stereocenters. The van der Waals surface area contributed by atoms with Crippen LogP contribution >= 0.6 is 0 Å². The predicted molar refractivity (Wildman–Crippen MR) is 80.4 cm³/mol. The standard InChI is InChI=1S/C17H18N2O/c1-19(13-17(20)8-10-18)11-9-14-6-7-15-4-2-3-5-16(15)12-14/h2-7,12H,8-9,11,13H2,1H3. The van der Waals surface area contributed by atoms with Crippen LogP contribution in [-0.2, 0) is 11.2 Å². The first-order valence-corrected chi connectivity index (χ1v) is 6.74. The number of ketones is 1. The molecule has 3 nitrogen and oxygen atoms in total. The third-order valence-corrected chi connectivity index (χ3v) is 3.32. The van der Waals surface area contributed by atoms with Crippen molar-refractivity contribution in [2.75, 3.05) is 20.1 Å². The van der Waals surface area contributed by atoms with E-state index in [0.29, 0.717) is 6.54 Å². The maximum atomic E-state index is 11.4. The largest absolute Gasteiger partial charge is 0.299 e. The third-order valence-electron chi connectivity index (χ3n) is 3.32. The SMILES string of the molecule is CN(CCc1ccc2ccccc2c1)CC(=O)CC#N. The highest BCUT2D eigenvalue weighted by Crippen LogP contribution is 2.16. The summed E-state index contributed by atoms with van der Waals surface area (Å²) in [6, 6.07) is 16.6.